The molecule has 21 heavy (non-hydrogen) atoms. The molecule has 1 N–H and O–H groups in total. The van der Waals surface area contributed by atoms with Crippen molar-refractivity contribution in [2.75, 3.05) is 6.54 Å². The lowest BCUT2D eigenvalue weighted by Gasteiger charge is -2.36. The summed E-state index contributed by atoms with van der Waals surface area (Å²) in [6.07, 6.45) is 0.762. The van der Waals surface area contributed by atoms with Crippen LogP contribution in [0.25, 0.3) is 0 Å². The molecule has 1 heterocycles. The minimum absolute atomic E-state index is 0.130. The Morgan fingerprint density at radius 1 is 1.29 bits per heavy atom. The van der Waals surface area contributed by atoms with E-state index in [1.54, 1.807) is 0 Å². The molecule has 0 unspecified atom stereocenters. The molecule has 1 aromatic rings. The zero-order valence-corrected chi connectivity index (χ0v) is 12.1. The number of carbonyl (C=O) groups is 1. The number of halogens is 2. The van der Waals surface area contributed by atoms with Gasteiger partial charge in [0.2, 0.25) is 10.0 Å². The summed E-state index contributed by atoms with van der Waals surface area (Å²) in [6.45, 7) is 1.62. The molecule has 1 saturated heterocycles. The highest BCUT2D eigenvalue weighted by atomic mass is 32.2. The Kier molecular flexibility index (Phi) is 4.29. The van der Waals surface area contributed by atoms with Gasteiger partial charge in [-0.25, -0.2) is 17.2 Å². The van der Waals surface area contributed by atoms with E-state index in [1.807, 2.05) is 0 Å². The number of sulfonamides is 1. The second-order valence-corrected chi connectivity index (χ2v) is 6.94. The van der Waals surface area contributed by atoms with E-state index >= 15 is 0 Å². The normalized spacial score (nSPS) is 24.0. The van der Waals surface area contributed by atoms with Gasteiger partial charge < -0.3 is 5.11 Å². The number of hydrogen-bond donors (Lipinski definition) is 1. The van der Waals surface area contributed by atoms with Crippen LogP contribution in [0, 0.1) is 17.6 Å². The standard InChI is InChI=1S/C13H15F2NO4S/c1-8-12(13(17)18)3-2-4-16(8)21(19,20)11-6-9(14)5-10(15)7-11/h5-8,12H,2-4H2,1H3,(H,17,18)/t8-,12-/m1/s1. The number of hydrogen-bond acceptors (Lipinski definition) is 3. The van der Waals surface area contributed by atoms with Crippen molar-refractivity contribution in [1.29, 1.82) is 0 Å². The van der Waals surface area contributed by atoms with Gasteiger partial charge in [-0.1, -0.05) is 0 Å². The first kappa shape index (κ1) is 15.8. The van der Waals surface area contributed by atoms with Crippen LogP contribution in [0.2, 0.25) is 0 Å². The molecule has 8 heteroatoms. The highest BCUT2D eigenvalue weighted by Crippen LogP contribution is 2.29. The smallest absolute Gasteiger partial charge is 0.308 e. The van der Waals surface area contributed by atoms with Crippen LogP contribution in [0.3, 0.4) is 0 Å². The molecule has 0 saturated carbocycles. The summed E-state index contributed by atoms with van der Waals surface area (Å²) in [7, 11) is -4.13. The van der Waals surface area contributed by atoms with Crippen LogP contribution in [-0.2, 0) is 14.8 Å². The van der Waals surface area contributed by atoms with Crippen LogP contribution in [-0.4, -0.2) is 36.4 Å². The Morgan fingerprint density at radius 2 is 1.86 bits per heavy atom. The van der Waals surface area contributed by atoms with E-state index in [-0.39, 0.29) is 6.54 Å². The van der Waals surface area contributed by atoms with Gasteiger partial charge in [0.05, 0.1) is 10.8 Å². The van der Waals surface area contributed by atoms with Gasteiger partial charge in [0.25, 0.3) is 0 Å². The van der Waals surface area contributed by atoms with Crippen molar-refractivity contribution in [3.8, 4) is 0 Å². The monoisotopic (exact) mass is 319 g/mol. The Hall–Kier alpha value is -1.54. The number of nitrogens with zero attached hydrogens (tertiary/aromatic N) is 1. The lowest BCUT2D eigenvalue weighted by molar-refractivity contribution is -0.144. The molecule has 5 nitrogen and oxygen atoms in total. The van der Waals surface area contributed by atoms with Gasteiger partial charge in [0, 0.05) is 18.7 Å². The molecule has 1 fully saturated rings. The molecule has 1 aliphatic heterocycles. The largest absolute Gasteiger partial charge is 0.481 e. The summed E-state index contributed by atoms with van der Waals surface area (Å²) in [5.41, 5.74) is 0. The number of benzene rings is 1. The molecular formula is C13H15F2NO4S. The molecule has 116 valence electrons. The third-order valence-corrected chi connectivity index (χ3v) is 5.65. The number of rotatable bonds is 3. The predicted octanol–water partition coefficient (Wildman–Crippen LogP) is 1.84. The summed E-state index contributed by atoms with van der Waals surface area (Å²) < 4.78 is 52.4. The molecule has 2 atom stereocenters. The fourth-order valence-electron chi connectivity index (χ4n) is 2.59. The first-order chi connectivity index (χ1) is 9.73. The van der Waals surface area contributed by atoms with Crippen LogP contribution < -0.4 is 0 Å². The molecule has 0 aliphatic carbocycles. The van der Waals surface area contributed by atoms with Gasteiger partial charge >= 0.3 is 5.97 Å². The van der Waals surface area contributed by atoms with Crippen molar-refractivity contribution >= 4 is 16.0 Å². The lowest BCUT2D eigenvalue weighted by atomic mass is 9.92. The molecule has 0 amide bonds. The van der Waals surface area contributed by atoms with Crippen LogP contribution in [0.4, 0.5) is 8.78 Å². The van der Waals surface area contributed by atoms with Crippen molar-refractivity contribution in [2.24, 2.45) is 5.92 Å². The predicted molar refractivity (Wildman–Crippen MR) is 70.1 cm³/mol. The van der Waals surface area contributed by atoms with Crippen LogP contribution >= 0.6 is 0 Å². The maximum absolute atomic E-state index is 13.2. The van der Waals surface area contributed by atoms with E-state index in [9.17, 15) is 22.0 Å². The zero-order chi connectivity index (χ0) is 15.8. The molecule has 0 radical (unpaired) electrons. The molecule has 0 aromatic heterocycles. The van der Waals surface area contributed by atoms with Gasteiger partial charge in [-0.3, -0.25) is 4.79 Å². The molecular weight excluding hydrogens is 304 g/mol. The Balaban J connectivity index is 2.40. The highest BCUT2D eigenvalue weighted by Gasteiger charge is 2.39. The van der Waals surface area contributed by atoms with Crippen molar-refractivity contribution in [3.63, 3.8) is 0 Å². The summed E-state index contributed by atoms with van der Waals surface area (Å²) >= 11 is 0. The van der Waals surface area contributed by atoms with Crippen LogP contribution in [0.5, 0.6) is 0 Å². The fraction of sp³-hybridized carbons (Fsp3) is 0.462. The SMILES string of the molecule is C[C@@H]1[C@H](C(=O)O)CCCN1S(=O)(=O)c1cc(F)cc(F)c1. The summed E-state index contributed by atoms with van der Waals surface area (Å²) in [4.78, 5) is 10.6. The van der Waals surface area contributed by atoms with Crippen molar-refractivity contribution < 1.29 is 27.1 Å². The fourth-order valence-corrected chi connectivity index (χ4v) is 4.34. The van der Waals surface area contributed by atoms with Gasteiger partial charge in [-0.15, -0.1) is 0 Å². The molecule has 0 bridgehead atoms. The van der Waals surface area contributed by atoms with E-state index in [2.05, 4.69) is 0 Å². The van der Waals surface area contributed by atoms with Gasteiger partial charge in [-0.2, -0.15) is 4.31 Å². The van der Waals surface area contributed by atoms with Crippen molar-refractivity contribution in [2.45, 2.75) is 30.7 Å². The van der Waals surface area contributed by atoms with E-state index in [1.165, 1.54) is 6.92 Å². The summed E-state index contributed by atoms with van der Waals surface area (Å²) in [5.74, 6) is -3.89. The van der Waals surface area contributed by atoms with E-state index < -0.39 is 44.5 Å². The summed E-state index contributed by atoms with van der Waals surface area (Å²) in [5, 5.41) is 9.11. The second kappa shape index (κ2) is 5.69. The Bertz CT molecular complexity index is 642. The van der Waals surface area contributed by atoms with Crippen molar-refractivity contribution in [3.05, 3.63) is 29.8 Å². The molecule has 0 spiro atoms. The summed E-state index contributed by atoms with van der Waals surface area (Å²) in [6, 6.07) is 1.27. The quantitative estimate of drug-likeness (QED) is 0.922. The number of piperidine rings is 1. The van der Waals surface area contributed by atoms with Gasteiger partial charge in [0.1, 0.15) is 11.6 Å². The Morgan fingerprint density at radius 3 is 2.38 bits per heavy atom. The zero-order valence-electron chi connectivity index (χ0n) is 11.3. The highest BCUT2D eigenvalue weighted by molar-refractivity contribution is 7.89. The topological polar surface area (TPSA) is 74.7 Å². The van der Waals surface area contributed by atoms with E-state index in [0.717, 1.165) is 16.4 Å². The Labute approximate surface area is 121 Å². The van der Waals surface area contributed by atoms with Gasteiger partial charge in [0.15, 0.2) is 0 Å². The van der Waals surface area contributed by atoms with Crippen molar-refractivity contribution in [1.82, 2.24) is 4.31 Å². The van der Waals surface area contributed by atoms with E-state index in [4.69, 9.17) is 5.11 Å². The third-order valence-electron chi connectivity index (χ3n) is 3.69. The lowest BCUT2D eigenvalue weighted by Crippen LogP contribution is -2.49. The maximum Gasteiger partial charge on any atom is 0.308 e. The average Bonchev–Trinajstić information content (AvgIpc) is 2.37. The number of carboxylic acid groups (broad SMARTS) is 1. The van der Waals surface area contributed by atoms with Gasteiger partial charge in [-0.05, 0) is 31.9 Å². The minimum Gasteiger partial charge on any atom is -0.481 e. The minimum atomic E-state index is -4.13. The maximum atomic E-state index is 13.2. The molecule has 2 rings (SSSR count). The average molecular weight is 319 g/mol. The molecule has 1 aliphatic rings. The third kappa shape index (κ3) is 3.06. The number of carboxylic acids is 1. The first-order valence-corrected chi connectivity index (χ1v) is 7.88. The second-order valence-electron chi connectivity index (χ2n) is 5.05. The number of aliphatic carboxylic acids is 1. The van der Waals surface area contributed by atoms with E-state index in [0.29, 0.717) is 18.9 Å². The van der Waals surface area contributed by atoms with Crippen LogP contribution in [0.15, 0.2) is 23.1 Å². The van der Waals surface area contributed by atoms with Crippen LogP contribution in [0.1, 0.15) is 19.8 Å². The molecule has 1 aromatic carbocycles. The first-order valence-electron chi connectivity index (χ1n) is 6.44.